The van der Waals surface area contributed by atoms with Gasteiger partial charge in [0.05, 0.1) is 10.6 Å². The monoisotopic (exact) mass is 434 g/mol. The van der Waals surface area contributed by atoms with Crippen LogP contribution in [0.2, 0.25) is 0 Å². The van der Waals surface area contributed by atoms with E-state index >= 15 is 0 Å². The summed E-state index contributed by atoms with van der Waals surface area (Å²) < 4.78 is 27.8. The van der Waals surface area contributed by atoms with E-state index in [0.717, 1.165) is 34.4 Å². The molecule has 0 aliphatic carbocycles. The summed E-state index contributed by atoms with van der Waals surface area (Å²) in [7, 11) is -3.64. The molecule has 160 valence electrons. The van der Waals surface area contributed by atoms with E-state index in [1.165, 1.54) is 4.31 Å². The maximum Gasteiger partial charge on any atom is 0.264 e. The van der Waals surface area contributed by atoms with Gasteiger partial charge < -0.3 is 5.32 Å². The van der Waals surface area contributed by atoms with Crippen molar-refractivity contribution < 1.29 is 13.2 Å². The molecule has 3 aromatic carbocycles. The molecule has 1 N–H and O–H groups in total. The summed E-state index contributed by atoms with van der Waals surface area (Å²) in [5.74, 6) is -0.194. The van der Waals surface area contributed by atoms with E-state index < -0.39 is 10.0 Å². The summed E-state index contributed by atoms with van der Waals surface area (Å²) in [5.41, 5.74) is 6.05. The number of aryl methyl sites for hydroxylation is 4. The Bertz CT molecular complexity index is 1230. The minimum absolute atomic E-state index is 0.194. The topological polar surface area (TPSA) is 66.5 Å². The maximum atomic E-state index is 13.2. The molecule has 4 rings (SSSR count). The highest BCUT2D eigenvalue weighted by Gasteiger charge is 2.29. The van der Waals surface area contributed by atoms with Gasteiger partial charge in [0.2, 0.25) is 0 Å². The summed E-state index contributed by atoms with van der Waals surface area (Å²) in [5, 5.41) is 3.03. The number of fused-ring (bicyclic) bond motifs is 1. The van der Waals surface area contributed by atoms with Crippen molar-refractivity contribution in [2.24, 2.45) is 0 Å². The highest BCUT2D eigenvalue weighted by Crippen LogP contribution is 2.33. The lowest BCUT2D eigenvalue weighted by molar-refractivity contribution is 0.102. The Hall–Kier alpha value is -3.12. The number of sulfonamides is 1. The van der Waals surface area contributed by atoms with Crippen molar-refractivity contribution >= 4 is 27.3 Å². The Morgan fingerprint density at radius 3 is 2.29 bits per heavy atom. The maximum absolute atomic E-state index is 13.2. The van der Waals surface area contributed by atoms with Crippen LogP contribution in [0.4, 0.5) is 11.4 Å². The van der Waals surface area contributed by atoms with E-state index in [4.69, 9.17) is 0 Å². The van der Waals surface area contributed by atoms with Crippen molar-refractivity contribution in [2.45, 2.75) is 38.5 Å². The largest absolute Gasteiger partial charge is 0.322 e. The van der Waals surface area contributed by atoms with Gasteiger partial charge in [-0.05, 0) is 80.6 Å². The molecule has 3 aromatic rings. The average molecular weight is 435 g/mol. The van der Waals surface area contributed by atoms with Gasteiger partial charge in [0.15, 0.2) is 0 Å². The first-order valence-corrected chi connectivity index (χ1v) is 11.8. The van der Waals surface area contributed by atoms with Crippen LogP contribution in [0.25, 0.3) is 0 Å². The Morgan fingerprint density at radius 2 is 1.61 bits per heavy atom. The van der Waals surface area contributed by atoms with Gasteiger partial charge >= 0.3 is 0 Å². The Kier molecular flexibility index (Phi) is 5.58. The van der Waals surface area contributed by atoms with Crippen molar-refractivity contribution in [1.29, 1.82) is 0 Å². The van der Waals surface area contributed by atoms with Crippen LogP contribution in [0, 0.1) is 20.8 Å². The van der Waals surface area contributed by atoms with Gasteiger partial charge in [0.25, 0.3) is 15.9 Å². The highest BCUT2D eigenvalue weighted by atomic mass is 32.2. The summed E-state index contributed by atoms with van der Waals surface area (Å²) in [6.45, 7) is 6.42. The third-order valence-corrected chi connectivity index (χ3v) is 7.49. The standard InChI is InChI=1S/C25H26N2O3S/c1-17-14-18(2)24(19(3)15-17)26-25(28)21-11-12-23-20(16-21)8-7-13-27(23)31(29,30)22-9-5-4-6-10-22/h4-6,9-12,14-16H,7-8,13H2,1-3H3,(H,26,28). The van der Waals surface area contributed by atoms with Crippen LogP contribution in [0.5, 0.6) is 0 Å². The van der Waals surface area contributed by atoms with Crippen LogP contribution >= 0.6 is 0 Å². The first-order chi connectivity index (χ1) is 14.8. The SMILES string of the molecule is Cc1cc(C)c(NC(=O)c2ccc3c(c2)CCCN3S(=O)(=O)c2ccccc2)c(C)c1. The average Bonchev–Trinajstić information content (AvgIpc) is 2.75. The Morgan fingerprint density at radius 1 is 0.935 bits per heavy atom. The van der Waals surface area contributed by atoms with Gasteiger partial charge in [-0.3, -0.25) is 9.10 Å². The second-order valence-electron chi connectivity index (χ2n) is 8.07. The van der Waals surface area contributed by atoms with Crippen LogP contribution in [0.3, 0.4) is 0 Å². The number of anilines is 2. The second-order valence-corrected chi connectivity index (χ2v) is 9.93. The van der Waals surface area contributed by atoms with Gasteiger partial charge in [-0.25, -0.2) is 8.42 Å². The lowest BCUT2D eigenvalue weighted by Gasteiger charge is -2.30. The molecule has 1 heterocycles. The number of hydrogen-bond donors (Lipinski definition) is 1. The molecule has 0 fully saturated rings. The fourth-order valence-corrected chi connectivity index (χ4v) is 5.80. The van der Waals surface area contributed by atoms with Crippen LogP contribution < -0.4 is 9.62 Å². The highest BCUT2D eigenvalue weighted by molar-refractivity contribution is 7.92. The molecule has 1 amide bonds. The predicted octanol–water partition coefficient (Wildman–Crippen LogP) is 5.01. The van der Waals surface area contributed by atoms with Gasteiger partial charge in [-0.15, -0.1) is 0 Å². The van der Waals surface area contributed by atoms with Crippen molar-refractivity contribution in [3.8, 4) is 0 Å². The molecule has 1 aliphatic rings. The Labute approximate surface area is 183 Å². The quantitative estimate of drug-likeness (QED) is 0.628. The molecule has 5 nitrogen and oxygen atoms in total. The molecule has 1 aliphatic heterocycles. The first kappa shape index (κ1) is 21.1. The van der Waals surface area contributed by atoms with Gasteiger partial charge in [0.1, 0.15) is 0 Å². The van der Waals surface area contributed by atoms with Crippen LogP contribution in [-0.2, 0) is 16.4 Å². The minimum atomic E-state index is -3.64. The number of amides is 1. The molecular weight excluding hydrogens is 408 g/mol. The van der Waals surface area contributed by atoms with E-state index in [-0.39, 0.29) is 10.8 Å². The molecule has 0 bridgehead atoms. The molecule has 0 atom stereocenters. The molecule has 0 saturated carbocycles. The zero-order valence-electron chi connectivity index (χ0n) is 18.0. The van der Waals surface area contributed by atoms with Gasteiger partial charge in [0, 0.05) is 17.8 Å². The molecular formula is C25H26N2O3S. The third kappa shape index (κ3) is 4.08. The Balaban J connectivity index is 1.64. The normalized spacial score (nSPS) is 13.6. The second kappa shape index (κ2) is 8.19. The van der Waals surface area contributed by atoms with Crippen LogP contribution in [0.1, 0.15) is 39.0 Å². The zero-order chi connectivity index (χ0) is 22.2. The number of rotatable bonds is 4. The van der Waals surface area contributed by atoms with E-state index in [2.05, 4.69) is 5.32 Å². The van der Waals surface area contributed by atoms with Crippen molar-refractivity contribution in [3.05, 3.63) is 88.5 Å². The van der Waals surface area contributed by atoms with Gasteiger partial charge in [-0.1, -0.05) is 35.9 Å². The number of carbonyl (C=O) groups is 1. The molecule has 0 saturated heterocycles. The molecule has 0 aromatic heterocycles. The smallest absolute Gasteiger partial charge is 0.264 e. The van der Waals surface area contributed by atoms with Crippen LogP contribution in [0.15, 0.2) is 65.6 Å². The molecule has 31 heavy (non-hydrogen) atoms. The van der Waals surface area contributed by atoms with Gasteiger partial charge in [-0.2, -0.15) is 0 Å². The van der Waals surface area contributed by atoms with E-state index in [9.17, 15) is 13.2 Å². The number of benzene rings is 3. The van der Waals surface area contributed by atoms with Crippen LogP contribution in [-0.4, -0.2) is 20.9 Å². The van der Waals surface area contributed by atoms with E-state index in [1.807, 2.05) is 39.0 Å². The fraction of sp³-hybridized carbons (Fsp3) is 0.240. The molecule has 0 radical (unpaired) electrons. The molecule has 0 unspecified atom stereocenters. The number of carbonyl (C=O) groups excluding carboxylic acids is 1. The number of nitrogens with one attached hydrogen (secondary N) is 1. The predicted molar refractivity (Wildman–Crippen MR) is 124 cm³/mol. The van der Waals surface area contributed by atoms with Crippen molar-refractivity contribution in [2.75, 3.05) is 16.2 Å². The van der Waals surface area contributed by atoms with Crippen molar-refractivity contribution in [3.63, 3.8) is 0 Å². The summed E-state index contributed by atoms with van der Waals surface area (Å²) in [6.07, 6.45) is 1.44. The third-order valence-electron chi connectivity index (χ3n) is 5.66. The number of hydrogen-bond acceptors (Lipinski definition) is 3. The van der Waals surface area contributed by atoms with Crippen molar-refractivity contribution in [1.82, 2.24) is 0 Å². The first-order valence-electron chi connectivity index (χ1n) is 10.4. The summed E-state index contributed by atoms with van der Waals surface area (Å²) in [4.78, 5) is 13.2. The lowest BCUT2D eigenvalue weighted by Crippen LogP contribution is -2.35. The van der Waals surface area contributed by atoms with E-state index in [1.54, 1.807) is 42.5 Å². The summed E-state index contributed by atoms with van der Waals surface area (Å²) >= 11 is 0. The summed E-state index contributed by atoms with van der Waals surface area (Å²) in [6, 6.07) is 17.8. The lowest BCUT2D eigenvalue weighted by atomic mass is 10.00. The fourth-order valence-electron chi connectivity index (χ4n) is 4.24. The number of nitrogens with zero attached hydrogens (tertiary/aromatic N) is 1. The molecule has 0 spiro atoms. The minimum Gasteiger partial charge on any atom is -0.322 e. The molecule has 6 heteroatoms. The van der Waals surface area contributed by atoms with E-state index in [0.29, 0.717) is 24.2 Å². The zero-order valence-corrected chi connectivity index (χ0v) is 18.8.